The van der Waals surface area contributed by atoms with Gasteiger partial charge in [-0.15, -0.1) is 0 Å². The van der Waals surface area contributed by atoms with Crippen molar-refractivity contribution in [2.24, 2.45) is 56.7 Å². The number of aliphatic hydroxyl groups excluding tert-OH is 3. The van der Waals surface area contributed by atoms with Crippen molar-refractivity contribution in [3.05, 3.63) is 12.2 Å². The second-order valence-corrected chi connectivity index (χ2v) is 14.8. The summed E-state index contributed by atoms with van der Waals surface area (Å²) in [6, 6.07) is 0. The van der Waals surface area contributed by atoms with E-state index in [-0.39, 0.29) is 28.3 Å². The molecule has 5 aliphatic carbocycles. The predicted molar refractivity (Wildman–Crippen MR) is 133 cm³/mol. The molecule has 0 spiro atoms. The Bertz CT molecular complexity index is 819. The Kier molecular flexibility index (Phi) is 5.40. The van der Waals surface area contributed by atoms with Gasteiger partial charge in [0.25, 0.3) is 0 Å². The first-order chi connectivity index (χ1) is 15.3. The Labute approximate surface area is 202 Å². The lowest BCUT2D eigenvalue weighted by Crippen LogP contribution is -2.69. The molecular weight excluding hydrogens is 408 g/mol. The Morgan fingerprint density at radius 2 is 1.48 bits per heavy atom. The second-order valence-electron chi connectivity index (χ2n) is 14.8. The highest BCUT2D eigenvalue weighted by molar-refractivity contribution is 5.22. The van der Waals surface area contributed by atoms with Gasteiger partial charge in [-0.2, -0.15) is 0 Å². The zero-order valence-corrected chi connectivity index (χ0v) is 22.2. The smallest absolute Gasteiger partial charge is 0.0641 e. The van der Waals surface area contributed by atoms with E-state index in [1.165, 1.54) is 44.9 Å². The van der Waals surface area contributed by atoms with Gasteiger partial charge < -0.3 is 15.3 Å². The van der Waals surface area contributed by atoms with Crippen LogP contribution in [-0.4, -0.2) is 34.1 Å². The lowest BCUT2D eigenvalue weighted by molar-refractivity contribution is -0.273. The van der Waals surface area contributed by atoms with Gasteiger partial charge in [0.15, 0.2) is 0 Å². The average molecular weight is 459 g/mol. The maximum absolute atomic E-state index is 11.5. The molecule has 33 heavy (non-hydrogen) atoms. The van der Waals surface area contributed by atoms with Crippen LogP contribution >= 0.6 is 0 Å². The van der Waals surface area contributed by atoms with Gasteiger partial charge in [-0.05, 0) is 108 Å². The number of rotatable bonds is 2. The fourth-order valence-electron chi connectivity index (χ4n) is 11.4. The molecule has 5 saturated carbocycles. The first-order valence-electron chi connectivity index (χ1n) is 13.9. The fraction of sp³-hybridized carbons (Fsp3) is 0.933. The molecule has 188 valence electrons. The van der Waals surface area contributed by atoms with Crippen LogP contribution in [0.3, 0.4) is 0 Å². The van der Waals surface area contributed by atoms with Crippen molar-refractivity contribution in [3.63, 3.8) is 0 Å². The zero-order valence-electron chi connectivity index (χ0n) is 22.2. The SMILES string of the molecule is C=C(CO)[C@@H]1CC[C@]2(C)CC[C@]3(C)[C@H](CC[C@@H]4[C@@]5(C)[C@H](O)C[C@H](O)C(C)(C)[C@@H]5CC[C@]43C)[C@@H]12. The second kappa shape index (κ2) is 7.32. The van der Waals surface area contributed by atoms with E-state index in [0.29, 0.717) is 41.4 Å². The molecule has 3 N–H and O–H groups in total. The molecule has 0 aromatic heterocycles. The third kappa shape index (κ3) is 2.85. The summed E-state index contributed by atoms with van der Waals surface area (Å²) < 4.78 is 0. The molecule has 11 atom stereocenters. The molecule has 0 heterocycles. The largest absolute Gasteiger partial charge is 0.392 e. The summed E-state index contributed by atoms with van der Waals surface area (Å²) in [6.07, 6.45) is 9.49. The predicted octanol–water partition coefficient (Wildman–Crippen LogP) is 5.97. The normalized spacial score (nSPS) is 57.4. The minimum atomic E-state index is -0.419. The maximum Gasteiger partial charge on any atom is 0.0641 e. The molecule has 0 saturated heterocycles. The van der Waals surface area contributed by atoms with Gasteiger partial charge >= 0.3 is 0 Å². The molecule has 3 heteroatoms. The van der Waals surface area contributed by atoms with Crippen LogP contribution in [0.1, 0.15) is 99.3 Å². The molecule has 3 nitrogen and oxygen atoms in total. The van der Waals surface area contributed by atoms with Gasteiger partial charge in [0.1, 0.15) is 0 Å². The van der Waals surface area contributed by atoms with Crippen molar-refractivity contribution in [1.82, 2.24) is 0 Å². The Morgan fingerprint density at radius 3 is 2.15 bits per heavy atom. The minimum absolute atomic E-state index is 0.129. The van der Waals surface area contributed by atoms with Crippen LogP contribution in [0.15, 0.2) is 12.2 Å². The van der Waals surface area contributed by atoms with Gasteiger partial charge in [-0.3, -0.25) is 0 Å². The zero-order chi connectivity index (χ0) is 24.2. The van der Waals surface area contributed by atoms with Crippen molar-refractivity contribution in [1.29, 1.82) is 0 Å². The fourth-order valence-corrected chi connectivity index (χ4v) is 11.4. The highest BCUT2D eigenvalue weighted by Gasteiger charge is 2.71. The quantitative estimate of drug-likeness (QED) is 0.447. The monoisotopic (exact) mass is 458 g/mol. The maximum atomic E-state index is 11.5. The standard InChI is InChI=1S/C30H50O3/c1-18(17-31)19-10-12-27(4)14-15-28(5)20(25(19)27)8-9-22-29(28,6)13-11-21-26(2,3)23(32)16-24(33)30(21,22)7/h19-25,31-33H,1,8-17H2,2-7H3/t19-,20+,21-,22-,23-,24+,25+,27+,28+,29+,30-/m0/s1. The topological polar surface area (TPSA) is 60.7 Å². The molecular formula is C30H50O3. The van der Waals surface area contributed by atoms with Crippen LogP contribution in [0.4, 0.5) is 0 Å². The molecule has 0 radical (unpaired) electrons. The molecule has 5 aliphatic rings. The van der Waals surface area contributed by atoms with Crippen LogP contribution in [0.2, 0.25) is 0 Å². The third-order valence-corrected chi connectivity index (χ3v) is 13.7. The Hall–Kier alpha value is -0.380. The van der Waals surface area contributed by atoms with E-state index in [4.69, 9.17) is 0 Å². The molecule has 0 aromatic carbocycles. The third-order valence-electron chi connectivity index (χ3n) is 13.7. The van der Waals surface area contributed by atoms with E-state index < -0.39 is 12.2 Å². The van der Waals surface area contributed by atoms with Crippen LogP contribution in [0, 0.1) is 56.7 Å². The number of fused-ring (bicyclic) bond motifs is 7. The summed E-state index contributed by atoms with van der Waals surface area (Å²) >= 11 is 0. The molecule has 0 unspecified atom stereocenters. The highest BCUT2D eigenvalue weighted by atomic mass is 16.3. The molecule has 5 fully saturated rings. The van der Waals surface area contributed by atoms with E-state index in [9.17, 15) is 15.3 Å². The van der Waals surface area contributed by atoms with Gasteiger partial charge in [-0.1, -0.05) is 48.1 Å². The van der Waals surface area contributed by atoms with E-state index in [2.05, 4.69) is 48.1 Å². The first-order valence-corrected chi connectivity index (χ1v) is 13.9. The van der Waals surface area contributed by atoms with Crippen molar-refractivity contribution in [2.75, 3.05) is 6.61 Å². The lowest BCUT2D eigenvalue weighted by Gasteiger charge is -2.73. The van der Waals surface area contributed by atoms with Crippen molar-refractivity contribution < 1.29 is 15.3 Å². The van der Waals surface area contributed by atoms with E-state index in [0.717, 1.165) is 12.0 Å². The molecule has 0 aromatic rings. The summed E-state index contributed by atoms with van der Waals surface area (Å²) in [4.78, 5) is 0. The average Bonchev–Trinajstić information content (AvgIpc) is 3.10. The molecule has 0 aliphatic heterocycles. The van der Waals surface area contributed by atoms with Gasteiger partial charge in [0.2, 0.25) is 0 Å². The Balaban J connectivity index is 1.56. The van der Waals surface area contributed by atoms with Crippen LogP contribution < -0.4 is 0 Å². The lowest BCUT2D eigenvalue weighted by atomic mass is 9.32. The van der Waals surface area contributed by atoms with Gasteiger partial charge in [-0.25, -0.2) is 0 Å². The van der Waals surface area contributed by atoms with Crippen molar-refractivity contribution in [3.8, 4) is 0 Å². The van der Waals surface area contributed by atoms with Crippen LogP contribution in [0.25, 0.3) is 0 Å². The van der Waals surface area contributed by atoms with E-state index in [1.54, 1.807) is 0 Å². The van der Waals surface area contributed by atoms with E-state index in [1.807, 2.05) is 0 Å². The van der Waals surface area contributed by atoms with Gasteiger partial charge in [0.05, 0.1) is 18.8 Å². The Morgan fingerprint density at radius 1 is 0.788 bits per heavy atom. The first kappa shape index (κ1) is 24.3. The number of hydrogen-bond acceptors (Lipinski definition) is 3. The molecule has 5 rings (SSSR count). The number of hydrogen-bond donors (Lipinski definition) is 3. The summed E-state index contributed by atoms with van der Waals surface area (Å²) in [5.41, 5.74) is 1.63. The van der Waals surface area contributed by atoms with Crippen LogP contribution in [0.5, 0.6) is 0 Å². The number of aliphatic hydroxyl groups is 3. The summed E-state index contributed by atoms with van der Waals surface area (Å²) in [5, 5.41) is 32.4. The van der Waals surface area contributed by atoms with Crippen molar-refractivity contribution in [2.45, 2.75) is 112 Å². The summed E-state index contributed by atoms with van der Waals surface area (Å²) in [5.74, 6) is 2.63. The molecule has 0 amide bonds. The molecule has 0 bridgehead atoms. The summed E-state index contributed by atoms with van der Waals surface area (Å²) in [7, 11) is 0. The highest BCUT2D eigenvalue weighted by Crippen LogP contribution is 2.77. The van der Waals surface area contributed by atoms with E-state index >= 15 is 0 Å². The minimum Gasteiger partial charge on any atom is -0.392 e. The van der Waals surface area contributed by atoms with Crippen LogP contribution in [-0.2, 0) is 0 Å². The van der Waals surface area contributed by atoms with Gasteiger partial charge in [0, 0.05) is 11.8 Å². The summed E-state index contributed by atoms with van der Waals surface area (Å²) in [6.45, 7) is 19.1. The van der Waals surface area contributed by atoms with Crippen molar-refractivity contribution >= 4 is 0 Å².